The summed E-state index contributed by atoms with van der Waals surface area (Å²) < 4.78 is 6.82. The number of pyridine rings is 2. The summed E-state index contributed by atoms with van der Waals surface area (Å²) in [6.07, 6.45) is 1.42. The van der Waals surface area contributed by atoms with Gasteiger partial charge in [-0.2, -0.15) is 0 Å². The van der Waals surface area contributed by atoms with E-state index in [0.717, 1.165) is 5.56 Å². The molecule has 1 N–H and O–H groups in total. The van der Waals surface area contributed by atoms with Crippen molar-refractivity contribution < 1.29 is 14.3 Å². The van der Waals surface area contributed by atoms with E-state index >= 15 is 0 Å². The van der Waals surface area contributed by atoms with E-state index in [0.29, 0.717) is 28.3 Å². The molecule has 4 aromatic rings. The maximum Gasteiger partial charge on any atom is 0.244 e. The van der Waals surface area contributed by atoms with Gasteiger partial charge in [-0.1, -0.05) is 42.0 Å². The van der Waals surface area contributed by atoms with Crippen LogP contribution in [0.3, 0.4) is 0 Å². The van der Waals surface area contributed by atoms with Crippen molar-refractivity contribution in [2.24, 2.45) is 0 Å². The van der Waals surface area contributed by atoms with Crippen LogP contribution in [0.25, 0.3) is 11.0 Å². The van der Waals surface area contributed by atoms with Crippen molar-refractivity contribution in [2.75, 3.05) is 12.4 Å². The monoisotopic (exact) mass is 441 g/mol. The minimum Gasteiger partial charge on any atom is -0.495 e. The fraction of sp³-hybridized carbons (Fsp3) is 0.154. The van der Waals surface area contributed by atoms with Gasteiger partial charge < -0.3 is 14.6 Å². The number of hydrogen-bond donors (Lipinski definition) is 1. The number of anilines is 1. The Morgan fingerprint density at radius 2 is 1.73 bits per heavy atom. The van der Waals surface area contributed by atoms with E-state index in [2.05, 4.69) is 10.3 Å². The summed E-state index contributed by atoms with van der Waals surface area (Å²) >= 11 is 0. The van der Waals surface area contributed by atoms with E-state index in [-0.39, 0.29) is 23.4 Å². The zero-order chi connectivity index (χ0) is 23.5. The summed E-state index contributed by atoms with van der Waals surface area (Å²) in [5, 5.41) is 3.10. The highest BCUT2D eigenvalue weighted by Crippen LogP contribution is 2.23. The number of ketones is 1. The molecule has 33 heavy (non-hydrogen) atoms. The summed E-state index contributed by atoms with van der Waals surface area (Å²) in [6.45, 7) is 3.58. The molecule has 0 saturated heterocycles. The third-order valence-electron chi connectivity index (χ3n) is 5.31. The van der Waals surface area contributed by atoms with Gasteiger partial charge in [0.25, 0.3) is 0 Å². The van der Waals surface area contributed by atoms with Crippen molar-refractivity contribution in [3.8, 4) is 5.75 Å². The van der Waals surface area contributed by atoms with Crippen LogP contribution in [0.1, 0.15) is 27.2 Å². The number of hydrogen-bond acceptors (Lipinski definition) is 5. The Labute approximate surface area is 190 Å². The molecule has 0 spiro atoms. The Hall–Kier alpha value is -4.26. The van der Waals surface area contributed by atoms with Gasteiger partial charge in [0, 0.05) is 17.5 Å². The molecule has 7 heteroatoms. The van der Waals surface area contributed by atoms with Gasteiger partial charge in [0.15, 0.2) is 5.78 Å². The predicted octanol–water partition coefficient (Wildman–Crippen LogP) is 3.89. The number of aromatic nitrogens is 2. The Balaban J connectivity index is 1.76. The number of amides is 1. The molecule has 0 aliphatic rings. The highest BCUT2D eigenvalue weighted by atomic mass is 16.5. The van der Waals surface area contributed by atoms with E-state index in [1.165, 1.54) is 17.9 Å². The van der Waals surface area contributed by atoms with Gasteiger partial charge in [-0.3, -0.25) is 14.4 Å². The van der Waals surface area contributed by atoms with Crippen molar-refractivity contribution in [1.82, 2.24) is 9.55 Å². The van der Waals surface area contributed by atoms with Crippen LogP contribution < -0.4 is 15.5 Å². The first-order valence-electron chi connectivity index (χ1n) is 10.4. The highest BCUT2D eigenvalue weighted by molar-refractivity contribution is 6.10. The second kappa shape index (κ2) is 9.08. The number of nitrogens with one attached hydrogen (secondary N) is 1. The lowest BCUT2D eigenvalue weighted by molar-refractivity contribution is -0.116. The molecule has 0 aliphatic carbocycles. The van der Waals surface area contributed by atoms with Crippen LogP contribution in [0.5, 0.6) is 5.75 Å². The smallest absolute Gasteiger partial charge is 0.244 e. The predicted molar refractivity (Wildman–Crippen MR) is 127 cm³/mol. The Morgan fingerprint density at radius 3 is 2.45 bits per heavy atom. The fourth-order valence-electron chi connectivity index (χ4n) is 3.59. The second-order valence-electron chi connectivity index (χ2n) is 7.77. The zero-order valence-corrected chi connectivity index (χ0v) is 18.6. The maximum absolute atomic E-state index is 13.2. The van der Waals surface area contributed by atoms with Crippen LogP contribution in [0.2, 0.25) is 0 Å². The first kappa shape index (κ1) is 22.0. The van der Waals surface area contributed by atoms with Gasteiger partial charge in [-0.25, -0.2) is 4.98 Å². The molecule has 7 nitrogen and oxygen atoms in total. The molecule has 0 fully saturated rings. The number of nitrogens with zero attached hydrogens (tertiary/aromatic N) is 2. The molecule has 1 amide bonds. The quantitative estimate of drug-likeness (QED) is 0.459. The summed E-state index contributed by atoms with van der Waals surface area (Å²) in [4.78, 5) is 43.6. The van der Waals surface area contributed by atoms with Crippen LogP contribution >= 0.6 is 0 Å². The molecule has 4 rings (SSSR count). The number of benzene rings is 2. The lowest BCUT2D eigenvalue weighted by atomic mass is 10.0. The topological polar surface area (TPSA) is 90.3 Å². The highest BCUT2D eigenvalue weighted by Gasteiger charge is 2.19. The summed E-state index contributed by atoms with van der Waals surface area (Å²) in [5.41, 5.74) is 2.55. The number of rotatable bonds is 6. The molecular formula is C26H23N3O4. The van der Waals surface area contributed by atoms with Gasteiger partial charge in [0.1, 0.15) is 17.9 Å². The van der Waals surface area contributed by atoms with Crippen molar-refractivity contribution in [2.45, 2.75) is 20.4 Å². The standard InChI is InChI=1S/C26H23N3O4/c1-16-8-11-18(12-9-16)24(31)20-14-29(26-19(25(20)32)13-10-17(2)27-26)15-23(30)28-21-6-4-5-7-22(21)33-3/h4-14H,15H2,1-3H3,(H,28,30). The molecule has 0 radical (unpaired) electrons. The molecule has 0 atom stereocenters. The van der Waals surface area contributed by atoms with Crippen LogP contribution in [0, 0.1) is 13.8 Å². The summed E-state index contributed by atoms with van der Waals surface area (Å²) in [7, 11) is 1.52. The second-order valence-corrected chi connectivity index (χ2v) is 7.77. The lowest BCUT2D eigenvalue weighted by Gasteiger charge is -2.14. The summed E-state index contributed by atoms with van der Waals surface area (Å²) in [6, 6.07) is 17.4. The van der Waals surface area contributed by atoms with E-state index < -0.39 is 11.2 Å². The van der Waals surface area contributed by atoms with Crippen molar-refractivity contribution in [1.29, 1.82) is 0 Å². The number of carbonyl (C=O) groups is 2. The van der Waals surface area contributed by atoms with E-state index in [9.17, 15) is 14.4 Å². The number of carbonyl (C=O) groups excluding carboxylic acids is 2. The van der Waals surface area contributed by atoms with Gasteiger partial charge in [-0.15, -0.1) is 0 Å². The molecule has 0 saturated carbocycles. The number of fused-ring (bicyclic) bond motifs is 1. The minimum atomic E-state index is -0.413. The van der Waals surface area contributed by atoms with Crippen LogP contribution in [-0.4, -0.2) is 28.4 Å². The third kappa shape index (κ3) is 4.52. The molecule has 2 heterocycles. The Morgan fingerprint density at radius 1 is 1.00 bits per heavy atom. The third-order valence-corrected chi connectivity index (χ3v) is 5.31. The van der Waals surface area contributed by atoms with Crippen molar-refractivity contribution in [3.63, 3.8) is 0 Å². The molecule has 2 aromatic heterocycles. The molecule has 0 aliphatic heterocycles. The maximum atomic E-state index is 13.2. The molecular weight excluding hydrogens is 418 g/mol. The largest absolute Gasteiger partial charge is 0.495 e. The molecule has 0 bridgehead atoms. The molecule has 166 valence electrons. The van der Waals surface area contributed by atoms with Crippen LogP contribution in [0.4, 0.5) is 5.69 Å². The van der Waals surface area contributed by atoms with Gasteiger partial charge in [0.05, 0.1) is 23.7 Å². The van der Waals surface area contributed by atoms with Gasteiger partial charge >= 0.3 is 0 Å². The number of methoxy groups -OCH3 is 1. The van der Waals surface area contributed by atoms with E-state index in [1.807, 2.05) is 19.1 Å². The van der Waals surface area contributed by atoms with Crippen molar-refractivity contribution >= 4 is 28.4 Å². The van der Waals surface area contributed by atoms with Gasteiger partial charge in [0.2, 0.25) is 11.3 Å². The minimum absolute atomic E-state index is 0.0119. The van der Waals surface area contributed by atoms with Crippen LogP contribution in [-0.2, 0) is 11.3 Å². The van der Waals surface area contributed by atoms with E-state index in [4.69, 9.17) is 4.74 Å². The Bertz CT molecular complexity index is 1420. The first-order valence-corrected chi connectivity index (χ1v) is 10.4. The number of ether oxygens (including phenoxy) is 1. The normalized spacial score (nSPS) is 10.8. The van der Waals surface area contributed by atoms with Crippen LogP contribution in [0.15, 0.2) is 71.7 Å². The number of para-hydroxylation sites is 2. The SMILES string of the molecule is COc1ccccc1NC(=O)Cn1cc(C(=O)c2ccc(C)cc2)c(=O)c2ccc(C)nc21. The lowest BCUT2D eigenvalue weighted by Crippen LogP contribution is -2.25. The summed E-state index contributed by atoms with van der Waals surface area (Å²) in [5.74, 6) is -0.220. The fourth-order valence-corrected chi connectivity index (χ4v) is 3.59. The van der Waals surface area contributed by atoms with Crippen molar-refractivity contribution in [3.05, 3.63) is 99.5 Å². The average Bonchev–Trinajstić information content (AvgIpc) is 2.81. The molecule has 2 aromatic carbocycles. The van der Waals surface area contributed by atoms with Gasteiger partial charge in [-0.05, 0) is 38.1 Å². The Kier molecular flexibility index (Phi) is 6.04. The first-order chi connectivity index (χ1) is 15.9. The number of aryl methyl sites for hydroxylation is 2. The zero-order valence-electron chi connectivity index (χ0n) is 18.6. The van der Waals surface area contributed by atoms with E-state index in [1.54, 1.807) is 55.5 Å². The molecule has 0 unspecified atom stereocenters. The average molecular weight is 441 g/mol.